The van der Waals surface area contributed by atoms with Crippen molar-refractivity contribution >= 4 is 29.1 Å². The average Bonchev–Trinajstić information content (AvgIpc) is 2.35. The molecule has 1 aromatic rings. The molecule has 6 heteroatoms. The van der Waals surface area contributed by atoms with E-state index in [4.69, 9.17) is 11.6 Å². The van der Waals surface area contributed by atoms with Crippen molar-refractivity contribution in [3.8, 4) is 0 Å². The van der Waals surface area contributed by atoms with E-state index in [1.807, 2.05) is 6.92 Å². The van der Waals surface area contributed by atoms with Gasteiger partial charge in [-0.2, -0.15) is 0 Å². The second-order valence-electron chi connectivity index (χ2n) is 4.86. The molecule has 1 aromatic carbocycles. The number of nitrogens with one attached hydrogen (secondary N) is 1. The molecular formula is C14H16ClFN2O2. The summed E-state index contributed by atoms with van der Waals surface area (Å²) in [6, 6.07) is 2.61. The van der Waals surface area contributed by atoms with Crippen molar-refractivity contribution in [2.75, 3.05) is 4.90 Å². The number of benzene rings is 1. The van der Waals surface area contributed by atoms with Crippen LogP contribution in [0, 0.1) is 5.82 Å². The number of rotatable bonds is 3. The third-order valence-electron chi connectivity index (χ3n) is 3.32. The molecule has 1 saturated heterocycles. The first-order valence-corrected chi connectivity index (χ1v) is 6.91. The van der Waals surface area contributed by atoms with Gasteiger partial charge in [-0.1, -0.05) is 24.9 Å². The standard InChI is InChI=1S/C14H16ClFN2O2/c1-3-4-12-14(20)18(8(2)13(19)17-12)11-6-9(15)5-10(16)7-11/h5-8,12H,3-4H2,1-2H3,(H,17,19). The van der Waals surface area contributed by atoms with Crippen LogP contribution in [0.25, 0.3) is 0 Å². The highest BCUT2D eigenvalue weighted by Crippen LogP contribution is 2.26. The lowest BCUT2D eigenvalue weighted by Crippen LogP contribution is -2.62. The normalized spacial score (nSPS) is 22.9. The Bertz CT molecular complexity index is 530. The smallest absolute Gasteiger partial charge is 0.250 e. The minimum Gasteiger partial charge on any atom is -0.342 e. The molecule has 0 radical (unpaired) electrons. The van der Waals surface area contributed by atoms with Gasteiger partial charge in [0, 0.05) is 10.7 Å². The van der Waals surface area contributed by atoms with E-state index in [-0.39, 0.29) is 16.8 Å². The maximum absolute atomic E-state index is 13.5. The number of hydrogen-bond donors (Lipinski definition) is 1. The predicted molar refractivity (Wildman–Crippen MR) is 75.2 cm³/mol. The van der Waals surface area contributed by atoms with Crippen molar-refractivity contribution in [1.82, 2.24) is 5.32 Å². The molecule has 0 saturated carbocycles. The Morgan fingerprint density at radius 3 is 2.65 bits per heavy atom. The third kappa shape index (κ3) is 2.77. The van der Waals surface area contributed by atoms with Gasteiger partial charge in [-0.05, 0) is 31.5 Å². The van der Waals surface area contributed by atoms with Gasteiger partial charge in [0.25, 0.3) is 0 Å². The number of piperazine rings is 1. The van der Waals surface area contributed by atoms with Crippen molar-refractivity contribution in [1.29, 1.82) is 0 Å². The molecule has 2 atom stereocenters. The van der Waals surface area contributed by atoms with Crippen LogP contribution in [0.4, 0.5) is 10.1 Å². The summed E-state index contributed by atoms with van der Waals surface area (Å²) in [4.78, 5) is 25.7. The van der Waals surface area contributed by atoms with Gasteiger partial charge in [0.2, 0.25) is 11.8 Å². The monoisotopic (exact) mass is 298 g/mol. The number of hydrogen-bond acceptors (Lipinski definition) is 2. The number of amides is 2. The Hall–Kier alpha value is -1.62. The highest BCUT2D eigenvalue weighted by atomic mass is 35.5. The molecule has 20 heavy (non-hydrogen) atoms. The second-order valence-corrected chi connectivity index (χ2v) is 5.30. The molecule has 2 unspecified atom stereocenters. The largest absolute Gasteiger partial charge is 0.342 e. The van der Waals surface area contributed by atoms with E-state index < -0.39 is 17.9 Å². The quantitative estimate of drug-likeness (QED) is 0.932. The van der Waals surface area contributed by atoms with E-state index in [9.17, 15) is 14.0 Å². The molecule has 2 amide bonds. The van der Waals surface area contributed by atoms with Gasteiger partial charge in [-0.3, -0.25) is 14.5 Å². The number of nitrogens with zero attached hydrogens (tertiary/aromatic N) is 1. The zero-order chi connectivity index (χ0) is 14.9. The van der Waals surface area contributed by atoms with Gasteiger partial charge < -0.3 is 5.32 Å². The average molecular weight is 299 g/mol. The molecule has 4 nitrogen and oxygen atoms in total. The summed E-state index contributed by atoms with van der Waals surface area (Å²) in [5.74, 6) is -1.02. The first kappa shape index (κ1) is 14.8. The first-order chi connectivity index (χ1) is 9.43. The number of anilines is 1. The third-order valence-corrected chi connectivity index (χ3v) is 3.54. The maximum atomic E-state index is 13.5. The molecule has 1 heterocycles. The van der Waals surface area contributed by atoms with Gasteiger partial charge in [0.15, 0.2) is 0 Å². The molecule has 0 bridgehead atoms. The van der Waals surface area contributed by atoms with Crippen LogP contribution in [0.2, 0.25) is 5.02 Å². The molecule has 1 N–H and O–H groups in total. The lowest BCUT2D eigenvalue weighted by molar-refractivity contribution is -0.133. The van der Waals surface area contributed by atoms with Crippen LogP contribution in [-0.4, -0.2) is 23.9 Å². The highest BCUT2D eigenvalue weighted by molar-refractivity contribution is 6.31. The van der Waals surface area contributed by atoms with E-state index in [0.29, 0.717) is 12.1 Å². The summed E-state index contributed by atoms with van der Waals surface area (Å²) in [5, 5.41) is 2.88. The molecular weight excluding hydrogens is 283 g/mol. The van der Waals surface area contributed by atoms with Crippen LogP contribution in [0.1, 0.15) is 26.7 Å². The Labute approximate surface area is 121 Å². The van der Waals surface area contributed by atoms with Crippen LogP contribution in [0.15, 0.2) is 18.2 Å². The molecule has 0 spiro atoms. The Kier molecular flexibility index (Phi) is 4.28. The molecule has 0 aliphatic carbocycles. The molecule has 1 fully saturated rings. The second kappa shape index (κ2) is 5.79. The fourth-order valence-electron chi connectivity index (χ4n) is 2.34. The fraction of sp³-hybridized carbons (Fsp3) is 0.429. The van der Waals surface area contributed by atoms with Gasteiger partial charge in [0.1, 0.15) is 17.9 Å². The summed E-state index contributed by atoms with van der Waals surface area (Å²) in [6.45, 7) is 3.54. The predicted octanol–water partition coefficient (Wildman–Crippen LogP) is 2.50. The van der Waals surface area contributed by atoms with Crippen molar-refractivity contribution < 1.29 is 14.0 Å². The van der Waals surface area contributed by atoms with Crippen LogP contribution in [0.5, 0.6) is 0 Å². The SMILES string of the molecule is CCCC1NC(=O)C(C)N(c2cc(F)cc(Cl)c2)C1=O. The van der Waals surface area contributed by atoms with E-state index in [2.05, 4.69) is 5.32 Å². The topological polar surface area (TPSA) is 49.4 Å². The summed E-state index contributed by atoms with van der Waals surface area (Å²) in [7, 11) is 0. The molecule has 108 valence electrons. The Balaban J connectivity index is 2.40. The Morgan fingerprint density at radius 1 is 1.35 bits per heavy atom. The number of carbonyl (C=O) groups excluding carboxylic acids is 2. The summed E-state index contributed by atoms with van der Waals surface area (Å²) >= 11 is 5.82. The Morgan fingerprint density at radius 2 is 2.05 bits per heavy atom. The number of carbonyl (C=O) groups is 2. The molecule has 1 aliphatic heterocycles. The van der Waals surface area contributed by atoms with Gasteiger partial charge in [-0.15, -0.1) is 0 Å². The first-order valence-electron chi connectivity index (χ1n) is 6.53. The van der Waals surface area contributed by atoms with Crippen molar-refractivity contribution in [3.05, 3.63) is 29.0 Å². The van der Waals surface area contributed by atoms with Gasteiger partial charge in [-0.25, -0.2) is 4.39 Å². The summed E-state index contributed by atoms with van der Waals surface area (Å²) < 4.78 is 13.5. The summed E-state index contributed by atoms with van der Waals surface area (Å²) in [5.41, 5.74) is 0.309. The summed E-state index contributed by atoms with van der Waals surface area (Å²) in [6.07, 6.45) is 1.32. The van der Waals surface area contributed by atoms with E-state index in [0.717, 1.165) is 12.5 Å². The minimum atomic E-state index is -0.687. The highest BCUT2D eigenvalue weighted by Gasteiger charge is 2.38. The van der Waals surface area contributed by atoms with Gasteiger partial charge >= 0.3 is 0 Å². The number of halogens is 2. The van der Waals surface area contributed by atoms with E-state index in [1.165, 1.54) is 17.0 Å². The van der Waals surface area contributed by atoms with Crippen molar-refractivity contribution in [2.24, 2.45) is 0 Å². The van der Waals surface area contributed by atoms with Crippen LogP contribution in [0.3, 0.4) is 0 Å². The van der Waals surface area contributed by atoms with Crippen LogP contribution in [-0.2, 0) is 9.59 Å². The fourth-order valence-corrected chi connectivity index (χ4v) is 2.56. The zero-order valence-corrected chi connectivity index (χ0v) is 12.1. The van der Waals surface area contributed by atoms with E-state index in [1.54, 1.807) is 6.92 Å². The minimum absolute atomic E-state index is 0.193. The van der Waals surface area contributed by atoms with Crippen molar-refractivity contribution in [2.45, 2.75) is 38.8 Å². The molecule has 1 aliphatic rings. The van der Waals surface area contributed by atoms with Gasteiger partial charge in [0.05, 0.1) is 0 Å². The molecule has 2 rings (SSSR count). The zero-order valence-electron chi connectivity index (χ0n) is 11.3. The van der Waals surface area contributed by atoms with E-state index >= 15 is 0 Å². The maximum Gasteiger partial charge on any atom is 0.250 e. The van der Waals surface area contributed by atoms with Crippen molar-refractivity contribution in [3.63, 3.8) is 0 Å². The molecule has 0 aromatic heterocycles. The van der Waals surface area contributed by atoms with Crippen LogP contribution >= 0.6 is 11.6 Å². The lowest BCUT2D eigenvalue weighted by Gasteiger charge is -2.37. The van der Waals surface area contributed by atoms with Crippen LogP contribution < -0.4 is 10.2 Å². The lowest BCUT2D eigenvalue weighted by atomic mass is 10.0.